The average Bonchev–Trinajstić information content (AvgIpc) is 2.98. The van der Waals surface area contributed by atoms with Crippen LogP contribution in [-0.4, -0.2) is 40.1 Å². The number of rotatable bonds is 2. The van der Waals surface area contributed by atoms with Gasteiger partial charge in [0.2, 0.25) is 0 Å². The number of carboxylic acid groups (broad SMARTS) is 1. The van der Waals surface area contributed by atoms with Gasteiger partial charge in [-0.3, -0.25) is 0 Å². The van der Waals surface area contributed by atoms with Crippen molar-refractivity contribution in [3.8, 4) is 0 Å². The smallest absolute Gasteiger partial charge is 0.326 e. The molecule has 0 aromatic carbocycles. The van der Waals surface area contributed by atoms with Gasteiger partial charge in [0.1, 0.15) is 6.04 Å². The highest BCUT2D eigenvalue weighted by molar-refractivity contribution is 5.83. The van der Waals surface area contributed by atoms with Gasteiger partial charge in [0.25, 0.3) is 0 Å². The van der Waals surface area contributed by atoms with Gasteiger partial charge in [0.15, 0.2) is 0 Å². The maximum atomic E-state index is 12.7. The molecule has 21 heavy (non-hydrogen) atoms. The summed E-state index contributed by atoms with van der Waals surface area (Å²) >= 11 is 0. The van der Waals surface area contributed by atoms with Crippen molar-refractivity contribution in [2.45, 2.75) is 82.3 Å². The van der Waals surface area contributed by atoms with Gasteiger partial charge in [-0.25, -0.2) is 9.59 Å². The molecule has 2 N–H and O–H groups in total. The predicted octanol–water partition coefficient (Wildman–Crippen LogP) is 2.75. The average molecular weight is 294 g/mol. The lowest BCUT2D eigenvalue weighted by Crippen LogP contribution is -2.60. The molecular weight excluding hydrogens is 268 g/mol. The largest absolute Gasteiger partial charge is 0.480 e. The summed E-state index contributed by atoms with van der Waals surface area (Å²) in [6, 6.07) is -0.387. The minimum atomic E-state index is -0.847. The predicted molar refractivity (Wildman–Crippen MR) is 79.0 cm³/mol. The minimum absolute atomic E-state index is 0.133. The fourth-order valence-electron chi connectivity index (χ4n) is 4.49. The highest BCUT2D eigenvalue weighted by Crippen LogP contribution is 2.38. The number of amides is 2. The van der Waals surface area contributed by atoms with Crippen LogP contribution in [0.4, 0.5) is 4.79 Å². The van der Waals surface area contributed by atoms with Gasteiger partial charge in [0.05, 0.1) is 0 Å². The van der Waals surface area contributed by atoms with Crippen molar-refractivity contribution >= 4 is 12.0 Å². The van der Waals surface area contributed by atoms with Crippen LogP contribution in [0.3, 0.4) is 0 Å². The summed E-state index contributed by atoms with van der Waals surface area (Å²) in [4.78, 5) is 25.9. The molecule has 0 spiro atoms. The van der Waals surface area contributed by atoms with E-state index >= 15 is 0 Å². The second-order valence-corrected chi connectivity index (χ2v) is 6.88. The summed E-state index contributed by atoms with van der Waals surface area (Å²) < 4.78 is 0. The maximum Gasteiger partial charge on any atom is 0.326 e. The number of nitrogens with zero attached hydrogens (tertiary/aromatic N) is 1. The van der Waals surface area contributed by atoms with Crippen molar-refractivity contribution in [2.24, 2.45) is 5.92 Å². The molecule has 3 fully saturated rings. The van der Waals surface area contributed by atoms with E-state index in [1.165, 1.54) is 19.3 Å². The Kier molecular flexibility index (Phi) is 4.36. The van der Waals surface area contributed by atoms with E-state index in [4.69, 9.17) is 0 Å². The summed E-state index contributed by atoms with van der Waals surface area (Å²) in [7, 11) is 0. The van der Waals surface area contributed by atoms with E-state index < -0.39 is 12.0 Å². The number of fused-ring (bicyclic) bond motifs is 1. The zero-order valence-corrected chi connectivity index (χ0v) is 12.6. The highest BCUT2D eigenvalue weighted by Gasteiger charge is 2.44. The number of carbonyl (C=O) groups excluding carboxylic acids is 1. The lowest BCUT2D eigenvalue weighted by atomic mass is 9.76. The van der Waals surface area contributed by atoms with Gasteiger partial charge in [-0.2, -0.15) is 0 Å². The lowest BCUT2D eigenvalue weighted by molar-refractivity contribution is -0.145. The Morgan fingerprint density at radius 1 is 0.905 bits per heavy atom. The normalized spacial score (nSPS) is 33.5. The zero-order chi connectivity index (χ0) is 14.8. The van der Waals surface area contributed by atoms with Gasteiger partial charge in [-0.15, -0.1) is 0 Å². The third-order valence-corrected chi connectivity index (χ3v) is 5.58. The molecule has 0 radical (unpaired) electrons. The molecule has 1 heterocycles. The first-order valence-corrected chi connectivity index (χ1v) is 8.48. The summed E-state index contributed by atoms with van der Waals surface area (Å²) in [5, 5.41) is 12.6. The molecule has 3 aliphatic rings. The van der Waals surface area contributed by atoms with Crippen molar-refractivity contribution in [3.63, 3.8) is 0 Å². The number of urea groups is 1. The van der Waals surface area contributed by atoms with E-state index in [1.54, 1.807) is 4.90 Å². The number of carbonyl (C=O) groups is 2. The standard InChI is InChI=1S/C16H26N2O3/c19-15(20)14-10-9-11-5-1-4-8-13(11)18(14)16(21)17-12-6-2-3-7-12/h11-14H,1-10H2,(H,17,21)(H,19,20). The van der Waals surface area contributed by atoms with Crippen molar-refractivity contribution in [2.75, 3.05) is 0 Å². The van der Waals surface area contributed by atoms with Gasteiger partial charge < -0.3 is 15.3 Å². The van der Waals surface area contributed by atoms with Crippen LogP contribution in [0.5, 0.6) is 0 Å². The fourth-order valence-corrected chi connectivity index (χ4v) is 4.49. The number of aliphatic carboxylic acids is 1. The number of nitrogens with one attached hydrogen (secondary N) is 1. The Labute approximate surface area is 126 Å². The number of hydrogen-bond donors (Lipinski definition) is 2. The van der Waals surface area contributed by atoms with Crippen molar-refractivity contribution in [1.29, 1.82) is 0 Å². The van der Waals surface area contributed by atoms with Crippen molar-refractivity contribution < 1.29 is 14.7 Å². The molecule has 0 bridgehead atoms. The summed E-state index contributed by atoms with van der Waals surface area (Å²) in [5.74, 6) is -0.343. The number of carboxylic acids is 1. The number of likely N-dealkylation sites (tertiary alicyclic amines) is 1. The third-order valence-electron chi connectivity index (χ3n) is 5.58. The lowest BCUT2D eigenvalue weighted by Gasteiger charge is -2.47. The number of hydrogen-bond acceptors (Lipinski definition) is 2. The molecule has 3 unspecified atom stereocenters. The summed E-state index contributed by atoms with van der Waals surface area (Å²) in [6.45, 7) is 0. The Balaban J connectivity index is 1.74. The SMILES string of the molecule is O=C(O)C1CCC2CCCCC2N1C(=O)NC1CCCC1. The van der Waals surface area contributed by atoms with E-state index in [9.17, 15) is 14.7 Å². The molecule has 3 rings (SSSR count). The molecule has 3 atom stereocenters. The molecular formula is C16H26N2O3. The van der Waals surface area contributed by atoms with E-state index in [-0.39, 0.29) is 18.1 Å². The van der Waals surface area contributed by atoms with Crippen LogP contribution in [0.1, 0.15) is 64.2 Å². The van der Waals surface area contributed by atoms with Crippen LogP contribution in [-0.2, 0) is 4.79 Å². The maximum absolute atomic E-state index is 12.7. The first-order chi connectivity index (χ1) is 10.2. The highest BCUT2D eigenvalue weighted by atomic mass is 16.4. The van der Waals surface area contributed by atoms with Crippen LogP contribution < -0.4 is 5.32 Å². The first kappa shape index (κ1) is 14.7. The fraction of sp³-hybridized carbons (Fsp3) is 0.875. The summed E-state index contributed by atoms with van der Waals surface area (Å²) in [6.07, 6.45) is 10.4. The van der Waals surface area contributed by atoms with E-state index in [0.29, 0.717) is 12.3 Å². The zero-order valence-electron chi connectivity index (χ0n) is 12.6. The van der Waals surface area contributed by atoms with Crippen LogP contribution >= 0.6 is 0 Å². The Morgan fingerprint density at radius 3 is 2.29 bits per heavy atom. The van der Waals surface area contributed by atoms with Crippen molar-refractivity contribution in [1.82, 2.24) is 10.2 Å². The molecule has 2 aliphatic carbocycles. The molecule has 0 aromatic heterocycles. The topological polar surface area (TPSA) is 69.6 Å². The molecule has 5 heteroatoms. The molecule has 1 saturated heterocycles. The van der Waals surface area contributed by atoms with E-state index in [0.717, 1.165) is 38.5 Å². The first-order valence-electron chi connectivity index (χ1n) is 8.48. The molecule has 2 saturated carbocycles. The third kappa shape index (κ3) is 3.01. The van der Waals surface area contributed by atoms with Crippen LogP contribution in [0.15, 0.2) is 0 Å². The minimum Gasteiger partial charge on any atom is -0.480 e. The molecule has 0 aromatic rings. The number of piperidine rings is 1. The van der Waals surface area contributed by atoms with Gasteiger partial charge in [0, 0.05) is 12.1 Å². The second-order valence-electron chi connectivity index (χ2n) is 6.88. The summed E-state index contributed by atoms with van der Waals surface area (Å²) in [5.41, 5.74) is 0. The van der Waals surface area contributed by atoms with E-state index in [2.05, 4.69) is 5.32 Å². The Morgan fingerprint density at radius 2 is 1.57 bits per heavy atom. The Hall–Kier alpha value is -1.26. The quantitative estimate of drug-likeness (QED) is 0.822. The molecule has 2 amide bonds. The van der Waals surface area contributed by atoms with Crippen molar-refractivity contribution in [3.05, 3.63) is 0 Å². The van der Waals surface area contributed by atoms with E-state index in [1.807, 2.05) is 0 Å². The second kappa shape index (κ2) is 6.24. The van der Waals surface area contributed by atoms with Crippen LogP contribution in [0.2, 0.25) is 0 Å². The Bertz CT molecular complexity index is 406. The molecule has 118 valence electrons. The molecule has 1 aliphatic heterocycles. The van der Waals surface area contributed by atoms with Crippen LogP contribution in [0.25, 0.3) is 0 Å². The van der Waals surface area contributed by atoms with Crippen LogP contribution in [0, 0.1) is 5.92 Å². The molecule has 5 nitrogen and oxygen atoms in total. The monoisotopic (exact) mass is 294 g/mol. The van der Waals surface area contributed by atoms with Gasteiger partial charge >= 0.3 is 12.0 Å². The van der Waals surface area contributed by atoms with Gasteiger partial charge in [-0.1, -0.05) is 25.7 Å². The van der Waals surface area contributed by atoms with Gasteiger partial charge in [-0.05, 0) is 44.4 Å².